The predicted octanol–water partition coefficient (Wildman–Crippen LogP) is 2.36. The zero-order valence-corrected chi connectivity index (χ0v) is 8.28. The van der Waals surface area contributed by atoms with Crippen molar-refractivity contribution < 1.29 is 4.79 Å². The standard InChI is InChI=1S/C9H13NOS/c1-7(11)4-3-5-9-6-12-8(2)10-9/h6H,3-5H2,1-2H3. The van der Waals surface area contributed by atoms with E-state index in [1.807, 2.05) is 6.92 Å². The van der Waals surface area contributed by atoms with Crippen LogP contribution in [0.5, 0.6) is 0 Å². The third-order valence-corrected chi connectivity index (χ3v) is 2.45. The zero-order valence-electron chi connectivity index (χ0n) is 7.46. The summed E-state index contributed by atoms with van der Waals surface area (Å²) < 4.78 is 0. The average molecular weight is 183 g/mol. The van der Waals surface area contributed by atoms with Gasteiger partial charge in [-0.1, -0.05) is 0 Å². The topological polar surface area (TPSA) is 30.0 Å². The normalized spacial score (nSPS) is 10.2. The number of aromatic nitrogens is 1. The van der Waals surface area contributed by atoms with Crippen molar-refractivity contribution in [2.75, 3.05) is 0 Å². The minimum Gasteiger partial charge on any atom is -0.300 e. The van der Waals surface area contributed by atoms with E-state index in [0.29, 0.717) is 6.42 Å². The van der Waals surface area contributed by atoms with Crippen molar-refractivity contribution >= 4 is 17.1 Å². The van der Waals surface area contributed by atoms with Gasteiger partial charge in [-0.05, 0) is 26.7 Å². The maximum absolute atomic E-state index is 10.6. The van der Waals surface area contributed by atoms with Gasteiger partial charge < -0.3 is 4.79 Å². The number of thiazole rings is 1. The molecule has 0 fully saturated rings. The van der Waals surface area contributed by atoms with Crippen LogP contribution in [0.1, 0.15) is 30.5 Å². The highest BCUT2D eigenvalue weighted by molar-refractivity contribution is 7.09. The van der Waals surface area contributed by atoms with Crippen molar-refractivity contribution in [2.24, 2.45) is 0 Å². The SMILES string of the molecule is CC(=O)CCCc1csc(C)n1. The number of hydrogen-bond acceptors (Lipinski definition) is 3. The summed E-state index contributed by atoms with van der Waals surface area (Å²) in [4.78, 5) is 14.9. The van der Waals surface area contributed by atoms with Crippen molar-refractivity contribution in [1.29, 1.82) is 0 Å². The Morgan fingerprint density at radius 2 is 2.42 bits per heavy atom. The van der Waals surface area contributed by atoms with Gasteiger partial charge in [0.1, 0.15) is 5.78 Å². The number of Topliss-reactive ketones (excluding diaryl/α,β-unsaturated/α-hetero) is 1. The summed E-state index contributed by atoms with van der Waals surface area (Å²) in [5, 5.41) is 3.17. The lowest BCUT2D eigenvalue weighted by Gasteiger charge is -1.93. The lowest BCUT2D eigenvalue weighted by Crippen LogP contribution is -1.92. The molecule has 0 aliphatic carbocycles. The molecule has 1 rings (SSSR count). The summed E-state index contributed by atoms with van der Waals surface area (Å²) in [6.45, 7) is 3.63. The van der Waals surface area contributed by atoms with Crippen molar-refractivity contribution in [1.82, 2.24) is 4.98 Å². The number of rotatable bonds is 4. The fourth-order valence-electron chi connectivity index (χ4n) is 1.04. The number of ketones is 1. The molecule has 1 aromatic rings. The van der Waals surface area contributed by atoms with E-state index in [1.165, 1.54) is 0 Å². The first-order valence-electron chi connectivity index (χ1n) is 4.09. The second-order valence-electron chi connectivity index (χ2n) is 2.91. The van der Waals surface area contributed by atoms with Gasteiger partial charge in [0.15, 0.2) is 0 Å². The Bertz CT molecular complexity index is 267. The predicted molar refractivity (Wildman–Crippen MR) is 50.5 cm³/mol. The highest BCUT2D eigenvalue weighted by Gasteiger charge is 1.99. The molecular weight excluding hydrogens is 170 g/mol. The molecule has 0 radical (unpaired) electrons. The van der Waals surface area contributed by atoms with E-state index in [-0.39, 0.29) is 5.78 Å². The summed E-state index contributed by atoms with van der Waals surface area (Å²) >= 11 is 1.67. The van der Waals surface area contributed by atoms with E-state index in [9.17, 15) is 4.79 Å². The first-order valence-corrected chi connectivity index (χ1v) is 4.97. The molecule has 2 nitrogen and oxygen atoms in total. The molecule has 1 aromatic heterocycles. The molecule has 0 aliphatic rings. The van der Waals surface area contributed by atoms with Crippen LogP contribution in [0.15, 0.2) is 5.38 Å². The Morgan fingerprint density at radius 3 is 2.92 bits per heavy atom. The third-order valence-electron chi connectivity index (χ3n) is 1.63. The lowest BCUT2D eigenvalue weighted by molar-refractivity contribution is -0.117. The Hall–Kier alpha value is -0.700. The Labute approximate surface area is 76.6 Å². The molecule has 0 N–H and O–H groups in total. The highest BCUT2D eigenvalue weighted by atomic mass is 32.1. The number of carbonyl (C=O) groups excluding carboxylic acids is 1. The molecule has 66 valence electrons. The first kappa shape index (κ1) is 9.39. The van der Waals surface area contributed by atoms with Crippen molar-refractivity contribution in [3.63, 3.8) is 0 Å². The fourth-order valence-corrected chi connectivity index (χ4v) is 1.69. The molecule has 0 aliphatic heterocycles. The Morgan fingerprint density at radius 1 is 1.67 bits per heavy atom. The molecule has 0 amide bonds. The van der Waals surface area contributed by atoms with Crippen LogP contribution in [0.2, 0.25) is 0 Å². The molecule has 3 heteroatoms. The van der Waals surface area contributed by atoms with Gasteiger partial charge in [0, 0.05) is 11.8 Å². The van der Waals surface area contributed by atoms with Gasteiger partial charge >= 0.3 is 0 Å². The molecule has 0 bridgehead atoms. The number of nitrogens with zero attached hydrogens (tertiary/aromatic N) is 1. The van der Waals surface area contributed by atoms with Gasteiger partial charge in [-0.3, -0.25) is 0 Å². The average Bonchev–Trinajstić information content (AvgIpc) is 2.35. The van der Waals surface area contributed by atoms with Crippen LogP contribution in [0.3, 0.4) is 0 Å². The summed E-state index contributed by atoms with van der Waals surface area (Å²) in [7, 11) is 0. The van der Waals surface area contributed by atoms with Gasteiger partial charge in [-0.15, -0.1) is 11.3 Å². The van der Waals surface area contributed by atoms with Crippen molar-refractivity contribution in [3.8, 4) is 0 Å². The van der Waals surface area contributed by atoms with Crippen molar-refractivity contribution in [3.05, 3.63) is 16.1 Å². The Balaban J connectivity index is 2.29. The summed E-state index contributed by atoms with van der Waals surface area (Å²) in [5.74, 6) is 0.266. The molecule has 0 atom stereocenters. The van der Waals surface area contributed by atoms with Gasteiger partial charge in [-0.25, -0.2) is 4.98 Å². The van der Waals surface area contributed by atoms with Crippen LogP contribution in [0, 0.1) is 6.92 Å². The number of hydrogen-bond donors (Lipinski definition) is 0. The van der Waals surface area contributed by atoms with Crippen LogP contribution < -0.4 is 0 Å². The van der Waals surface area contributed by atoms with Crippen LogP contribution in [0.25, 0.3) is 0 Å². The number of carbonyl (C=O) groups is 1. The maximum Gasteiger partial charge on any atom is 0.129 e. The molecule has 0 saturated heterocycles. The smallest absolute Gasteiger partial charge is 0.129 e. The zero-order chi connectivity index (χ0) is 8.97. The quantitative estimate of drug-likeness (QED) is 0.717. The molecule has 1 heterocycles. The minimum atomic E-state index is 0.266. The van der Waals surface area contributed by atoms with Gasteiger partial charge in [0.2, 0.25) is 0 Å². The molecule has 12 heavy (non-hydrogen) atoms. The third kappa shape index (κ3) is 3.13. The van der Waals surface area contributed by atoms with E-state index in [4.69, 9.17) is 0 Å². The summed E-state index contributed by atoms with van der Waals surface area (Å²) in [6.07, 6.45) is 2.54. The monoisotopic (exact) mass is 183 g/mol. The van der Waals surface area contributed by atoms with Crippen molar-refractivity contribution in [2.45, 2.75) is 33.1 Å². The highest BCUT2D eigenvalue weighted by Crippen LogP contribution is 2.10. The van der Waals surface area contributed by atoms with E-state index in [0.717, 1.165) is 23.5 Å². The second kappa shape index (κ2) is 4.36. The fraction of sp³-hybridized carbons (Fsp3) is 0.556. The van der Waals surface area contributed by atoms with Gasteiger partial charge in [-0.2, -0.15) is 0 Å². The van der Waals surface area contributed by atoms with E-state index in [2.05, 4.69) is 10.4 Å². The van der Waals surface area contributed by atoms with Gasteiger partial charge in [0.05, 0.1) is 10.7 Å². The van der Waals surface area contributed by atoms with Gasteiger partial charge in [0.25, 0.3) is 0 Å². The van der Waals surface area contributed by atoms with E-state index < -0.39 is 0 Å². The van der Waals surface area contributed by atoms with Crippen LogP contribution in [-0.4, -0.2) is 10.8 Å². The first-order chi connectivity index (χ1) is 5.68. The van der Waals surface area contributed by atoms with Crippen LogP contribution in [0.4, 0.5) is 0 Å². The minimum absolute atomic E-state index is 0.266. The summed E-state index contributed by atoms with van der Waals surface area (Å²) in [6, 6.07) is 0. The molecule has 0 spiro atoms. The largest absolute Gasteiger partial charge is 0.300 e. The maximum atomic E-state index is 10.6. The van der Waals surface area contributed by atoms with Crippen LogP contribution >= 0.6 is 11.3 Å². The molecule has 0 saturated carbocycles. The second-order valence-corrected chi connectivity index (χ2v) is 3.98. The van der Waals surface area contributed by atoms with E-state index in [1.54, 1.807) is 18.3 Å². The lowest BCUT2D eigenvalue weighted by atomic mass is 10.2. The molecule has 0 unspecified atom stereocenters. The van der Waals surface area contributed by atoms with E-state index >= 15 is 0 Å². The van der Waals surface area contributed by atoms with Crippen LogP contribution in [-0.2, 0) is 11.2 Å². The summed E-state index contributed by atoms with van der Waals surface area (Å²) in [5.41, 5.74) is 1.12. The number of aryl methyl sites for hydroxylation is 2. The Kier molecular flexibility index (Phi) is 3.41. The molecular formula is C9H13NOS. The molecule has 0 aromatic carbocycles.